The van der Waals surface area contributed by atoms with E-state index in [0.29, 0.717) is 11.4 Å². The molecule has 1 atom stereocenters. The van der Waals surface area contributed by atoms with Gasteiger partial charge in [-0.05, 0) is 55.5 Å². The third-order valence-electron chi connectivity index (χ3n) is 4.21. The Bertz CT molecular complexity index is 1100. The van der Waals surface area contributed by atoms with Crippen LogP contribution < -0.4 is 14.8 Å². The van der Waals surface area contributed by atoms with Crippen LogP contribution in [0.25, 0.3) is 0 Å². The Kier molecular flexibility index (Phi) is 7.15. The van der Waals surface area contributed by atoms with Gasteiger partial charge in [0, 0.05) is 9.79 Å². The smallest absolute Gasteiger partial charge is 0.242 e. The molecule has 3 aromatic carbocycles. The molecule has 0 aliphatic carbocycles. The molecule has 0 saturated heterocycles. The molecule has 0 aliphatic rings. The summed E-state index contributed by atoms with van der Waals surface area (Å²) in [5, 5.41) is 2.82. The molecular formula is C22H22N2O4S2. The quantitative estimate of drug-likeness (QED) is 0.547. The molecule has 0 unspecified atom stereocenters. The third-order valence-corrected chi connectivity index (χ3v) is 6.85. The maximum absolute atomic E-state index is 12.7. The zero-order valence-corrected chi connectivity index (χ0v) is 18.2. The van der Waals surface area contributed by atoms with E-state index in [0.717, 1.165) is 9.79 Å². The topological polar surface area (TPSA) is 84.5 Å². The minimum atomic E-state index is -3.85. The molecule has 0 heterocycles. The lowest BCUT2D eigenvalue weighted by molar-refractivity contribution is -0.117. The second-order valence-electron chi connectivity index (χ2n) is 6.42. The van der Waals surface area contributed by atoms with E-state index in [1.807, 2.05) is 48.5 Å². The molecular weight excluding hydrogens is 420 g/mol. The van der Waals surface area contributed by atoms with Gasteiger partial charge in [0.1, 0.15) is 5.75 Å². The average Bonchev–Trinajstić information content (AvgIpc) is 2.75. The van der Waals surface area contributed by atoms with Crippen molar-refractivity contribution < 1.29 is 17.9 Å². The highest BCUT2D eigenvalue weighted by Crippen LogP contribution is 2.33. The second-order valence-corrected chi connectivity index (χ2v) is 9.25. The summed E-state index contributed by atoms with van der Waals surface area (Å²) in [6.45, 7) is 1.50. The van der Waals surface area contributed by atoms with E-state index in [1.165, 1.54) is 37.9 Å². The largest absolute Gasteiger partial charge is 0.497 e. The zero-order valence-electron chi connectivity index (χ0n) is 16.5. The van der Waals surface area contributed by atoms with E-state index in [-0.39, 0.29) is 4.90 Å². The van der Waals surface area contributed by atoms with E-state index in [2.05, 4.69) is 10.0 Å². The summed E-state index contributed by atoms with van der Waals surface area (Å²) in [5.74, 6) is 0.0977. The monoisotopic (exact) mass is 442 g/mol. The van der Waals surface area contributed by atoms with Gasteiger partial charge in [0.05, 0.1) is 23.7 Å². The highest BCUT2D eigenvalue weighted by Gasteiger charge is 2.22. The first-order valence-corrected chi connectivity index (χ1v) is 11.5. The number of amides is 1. The number of anilines is 1. The fraction of sp³-hybridized carbons (Fsp3) is 0.136. The molecule has 0 aliphatic heterocycles. The molecule has 156 valence electrons. The molecule has 0 bridgehead atoms. The van der Waals surface area contributed by atoms with Crippen molar-refractivity contribution in [2.24, 2.45) is 0 Å². The number of carbonyl (C=O) groups excluding carboxylic acids is 1. The summed E-state index contributed by atoms with van der Waals surface area (Å²) in [6.07, 6.45) is 0. The number of ether oxygens (including phenoxy) is 1. The second kappa shape index (κ2) is 9.80. The summed E-state index contributed by atoms with van der Waals surface area (Å²) >= 11 is 1.52. The van der Waals surface area contributed by atoms with Crippen LogP contribution in [0.3, 0.4) is 0 Å². The van der Waals surface area contributed by atoms with Crippen LogP contribution in [0, 0.1) is 0 Å². The van der Waals surface area contributed by atoms with E-state index >= 15 is 0 Å². The van der Waals surface area contributed by atoms with Gasteiger partial charge in [-0.2, -0.15) is 4.72 Å². The number of sulfonamides is 1. The van der Waals surface area contributed by atoms with Crippen molar-refractivity contribution in [3.05, 3.63) is 78.9 Å². The Morgan fingerprint density at radius 1 is 0.933 bits per heavy atom. The van der Waals surface area contributed by atoms with Gasteiger partial charge in [-0.1, -0.05) is 42.1 Å². The minimum Gasteiger partial charge on any atom is -0.497 e. The van der Waals surface area contributed by atoms with E-state index in [9.17, 15) is 13.2 Å². The van der Waals surface area contributed by atoms with Crippen LogP contribution in [-0.4, -0.2) is 27.5 Å². The van der Waals surface area contributed by atoms with Gasteiger partial charge in [0.15, 0.2) is 0 Å². The number of carbonyl (C=O) groups is 1. The Morgan fingerprint density at radius 2 is 1.57 bits per heavy atom. The summed E-state index contributed by atoms with van der Waals surface area (Å²) in [6, 6.07) is 22.2. The number of nitrogens with one attached hydrogen (secondary N) is 2. The van der Waals surface area contributed by atoms with Gasteiger partial charge in [-0.15, -0.1) is 0 Å². The van der Waals surface area contributed by atoms with E-state index in [1.54, 1.807) is 18.2 Å². The average molecular weight is 443 g/mol. The van der Waals surface area contributed by atoms with Gasteiger partial charge in [-0.25, -0.2) is 8.42 Å². The van der Waals surface area contributed by atoms with Crippen molar-refractivity contribution in [2.45, 2.75) is 27.7 Å². The Hall–Kier alpha value is -2.81. The van der Waals surface area contributed by atoms with Crippen LogP contribution in [0.1, 0.15) is 6.92 Å². The maximum atomic E-state index is 12.7. The van der Waals surface area contributed by atoms with Crippen molar-refractivity contribution in [3.63, 3.8) is 0 Å². The van der Waals surface area contributed by atoms with Crippen molar-refractivity contribution in [1.29, 1.82) is 0 Å². The standard InChI is InChI=1S/C22H22N2O4S2/c1-16(24-30(26,27)19-14-12-17(28-2)13-15-19)22(25)23-20-10-6-7-11-21(20)29-18-8-4-3-5-9-18/h3-16,24H,1-2H3,(H,23,25)/t16-/m0/s1. The molecule has 1 amide bonds. The summed E-state index contributed by atoms with van der Waals surface area (Å²) < 4.78 is 32.6. The van der Waals surface area contributed by atoms with Gasteiger partial charge in [0.25, 0.3) is 0 Å². The molecule has 6 nitrogen and oxygen atoms in total. The first-order chi connectivity index (χ1) is 14.4. The molecule has 0 spiro atoms. The number of para-hydroxylation sites is 1. The third kappa shape index (κ3) is 5.63. The Morgan fingerprint density at radius 3 is 2.23 bits per heavy atom. The molecule has 3 rings (SSSR count). The minimum absolute atomic E-state index is 0.0583. The fourth-order valence-electron chi connectivity index (χ4n) is 2.62. The number of hydrogen-bond acceptors (Lipinski definition) is 5. The van der Waals surface area contributed by atoms with Crippen LogP contribution in [-0.2, 0) is 14.8 Å². The van der Waals surface area contributed by atoms with Crippen molar-refractivity contribution >= 4 is 33.4 Å². The van der Waals surface area contributed by atoms with Gasteiger partial charge < -0.3 is 10.1 Å². The Balaban J connectivity index is 1.70. The van der Waals surface area contributed by atoms with Crippen LogP contribution in [0.15, 0.2) is 93.5 Å². The van der Waals surface area contributed by atoms with Crippen molar-refractivity contribution in [3.8, 4) is 5.75 Å². The SMILES string of the molecule is COc1ccc(S(=O)(=O)N[C@@H](C)C(=O)Nc2ccccc2Sc2ccccc2)cc1. The number of rotatable bonds is 8. The maximum Gasteiger partial charge on any atom is 0.242 e. The molecule has 0 radical (unpaired) electrons. The first-order valence-electron chi connectivity index (χ1n) is 9.18. The van der Waals surface area contributed by atoms with Gasteiger partial charge in [0.2, 0.25) is 15.9 Å². The van der Waals surface area contributed by atoms with Crippen LogP contribution in [0.5, 0.6) is 5.75 Å². The lowest BCUT2D eigenvalue weighted by atomic mass is 10.3. The first kappa shape index (κ1) is 21.9. The predicted octanol–water partition coefficient (Wildman–Crippen LogP) is 4.15. The molecule has 2 N–H and O–H groups in total. The summed E-state index contributed by atoms with van der Waals surface area (Å²) in [7, 11) is -2.35. The molecule has 3 aromatic rings. The van der Waals surface area contributed by atoms with E-state index < -0.39 is 22.0 Å². The zero-order chi connectivity index (χ0) is 21.6. The number of hydrogen-bond donors (Lipinski definition) is 2. The van der Waals surface area contributed by atoms with Crippen molar-refractivity contribution in [1.82, 2.24) is 4.72 Å². The van der Waals surface area contributed by atoms with Gasteiger partial charge >= 0.3 is 0 Å². The molecule has 0 fully saturated rings. The summed E-state index contributed by atoms with van der Waals surface area (Å²) in [5.41, 5.74) is 0.617. The number of benzene rings is 3. The number of methoxy groups -OCH3 is 1. The Labute approximate surface area is 180 Å². The molecule has 0 aromatic heterocycles. The molecule has 30 heavy (non-hydrogen) atoms. The highest BCUT2D eigenvalue weighted by atomic mass is 32.2. The fourth-order valence-corrected chi connectivity index (χ4v) is 4.75. The molecule has 8 heteroatoms. The predicted molar refractivity (Wildman–Crippen MR) is 118 cm³/mol. The van der Waals surface area contributed by atoms with Crippen LogP contribution in [0.4, 0.5) is 5.69 Å². The van der Waals surface area contributed by atoms with Crippen LogP contribution in [0.2, 0.25) is 0 Å². The van der Waals surface area contributed by atoms with Crippen molar-refractivity contribution in [2.75, 3.05) is 12.4 Å². The summed E-state index contributed by atoms with van der Waals surface area (Å²) in [4.78, 5) is 14.6. The van der Waals surface area contributed by atoms with Gasteiger partial charge in [-0.3, -0.25) is 4.79 Å². The normalized spacial score (nSPS) is 12.2. The van der Waals surface area contributed by atoms with E-state index in [4.69, 9.17) is 4.74 Å². The lowest BCUT2D eigenvalue weighted by Crippen LogP contribution is -2.41. The molecule has 0 saturated carbocycles. The van der Waals surface area contributed by atoms with Crippen LogP contribution >= 0.6 is 11.8 Å². The lowest BCUT2D eigenvalue weighted by Gasteiger charge is -2.16. The highest BCUT2D eigenvalue weighted by molar-refractivity contribution is 7.99.